The first-order chi connectivity index (χ1) is 7.89. The Hall–Kier alpha value is -1.16. The van der Waals surface area contributed by atoms with Gasteiger partial charge in [0.05, 0.1) is 0 Å². The number of carboxylic acids is 1. The molecule has 2 rings (SSSR count). The molecule has 1 heterocycles. The van der Waals surface area contributed by atoms with Crippen LogP contribution >= 0.6 is 12.6 Å². The van der Waals surface area contributed by atoms with Gasteiger partial charge in [-0.05, 0) is 31.4 Å². The van der Waals surface area contributed by atoms with Crippen molar-refractivity contribution in [2.24, 2.45) is 0 Å². The SMILES string of the molecule is CC1(C)Cc2cccc(CC(S)C(=O)O)c2O1. The zero-order valence-corrected chi connectivity index (χ0v) is 10.8. The number of fused-ring (bicyclic) bond motifs is 1. The normalized spacial score (nSPS) is 18.3. The average Bonchev–Trinajstić information content (AvgIpc) is 2.53. The van der Waals surface area contributed by atoms with Crippen LogP contribution in [0, 0.1) is 0 Å². The topological polar surface area (TPSA) is 46.5 Å². The summed E-state index contributed by atoms with van der Waals surface area (Å²) in [5.41, 5.74) is 1.88. The number of benzene rings is 1. The lowest BCUT2D eigenvalue weighted by molar-refractivity contribution is -0.136. The first kappa shape index (κ1) is 12.3. The van der Waals surface area contributed by atoms with Crippen molar-refractivity contribution in [1.82, 2.24) is 0 Å². The summed E-state index contributed by atoms with van der Waals surface area (Å²) in [6, 6.07) is 5.88. The van der Waals surface area contributed by atoms with Gasteiger partial charge in [-0.25, -0.2) is 0 Å². The lowest BCUT2D eigenvalue weighted by Gasteiger charge is -2.18. The van der Waals surface area contributed by atoms with Gasteiger partial charge in [-0.2, -0.15) is 12.6 Å². The van der Waals surface area contributed by atoms with Crippen LogP contribution < -0.4 is 4.74 Å². The lowest BCUT2D eigenvalue weighted by Crippen LogP contribution is -2.25. The van der Waals surface area contributed by atoms with Gasteiger partial charge < -0.3 is 9.84 Å². The number of hydrogen-bond acceptors (Lipinski definition) is 3. The molecule has 0 aliphatic carbocycles. The Balaban J connectivity index is 2.27. The summed E-state index contributed by atoms with van der Waals surface area (Å²) in [6.07, 6.45) is 1.25. The summed E-state index contributed by atoms with van der Waals surface area (Å²) in [4.78, 5) is 10.8. The molecule has 3 nitrogen and oxygen atoms in total. The molecule has 92 valence electrons. The van der Waals surface area contributed by atoms with Gasteiger partial charge >= 0.3 is 5.97 Å². The molecule has 1 N–H and O–H groups in total. The van der Waals surface area contributed by atoms with Gasteiger partial charge in [0.15, 0.2) is 0 Å². The molecule has 0 amide bonds. The monoisotopic (exact) mass is 252 g/mol. The first-order valence-electron chi connectivity index (χ1n) is 5.60. The minimum absolute atomic E-state index is 0.201. The third-order valence-corrected chi connectivity index (χ3v) is 3.27. The van der Waals surface area contributed by atoms with E-state index in [2.05, 4.69) is 12.6 Å². The average molecular weight is 252 g/mol. The van der Waals surface area contributed by atoms with E-state index in [9.17, 15) is 4.79 Å². The Morgan fingerprint density at radius 3 is 2.94 bits per heavy atom. The third kappa shape index (κ3) is 2.57. The molecule has 0 aromatic heterocycles. The highest BCUT2D eigenvalue weighted by atomic mass is 32.1. The highest BCUT2D eigenvalue weighted by Crippen LogP contribution is 2.38. The van der Waals surface area contributed by atoms with Gasteiger partial charge in [0.25, 0.3) is 0 Å². The van der Waals surface area contributed by atoms with Crippen molar-refractivity contribution in [3.8, 4) is 5.75 Å². The first-order valence-corrected chi connectivity index (χ1v) is 6.11. The molecule has 0 saturated heterocycles. The molecule has 0 saturated carbocycles. The fourth-order valence-electron chi connectivity index (χ4n) is 2.14. The van der Waals surface area contributed by atoms with Crippen molar-refractivity contribution < 1.29 is 14.6 Å². The fraction of sp³-hybridized carbons (Fsp3) is 0.462. The Bertz CT molecular complexity index is 454. The Morgan fingerprint density at radius 2 is 2.29 bits per heavy atom. The Morgan fingerprint density at radius 1 is 1.59 bits per heavy atom. The van der Waals surface area contributed by atoms with Gasteiger partial charge in [0, 0.05) is 6.42 Å². The van der Waals surface area contributed by atoms with Gasteiger partial charge in [-0.1, -0.05) is 18.2 Å². The van der Waals surface area contributed by atoms with E-state index in [0.717, 1.165) is 23.3 Å². The molecule has 0 bridgehead atoms. The maximum absolute atomic E-state index is 10.8. The minimum Gasteiger partial charge on any atom is -0.487 e. The van der Waals surface area contributed by atoms with Crippen molar-refractivity contribution >= 4 is 18.6 Å². The molecule has 1 aliphatic rings. The maximum Gasteiger partial charge on any atom is 0.316 e. The summed E-state index contributed by atoms with van der Waals surface area (Å²) in [6.45, 7) is 4.07. The molecule has 0 fully saturated rings. The van der Waals surface area contributed by atoms with Crippen molar-refractivity contribution in [1.29, 1.82) is 0 Å². The summed E-state index contributed by atoms with van der Waals surface area (Å²) in [5.74, 6) is -0.0546. The van der Waals surface area contributed by atoms with Crippen molar-refractivity contribution in [3.63, 3.8) is 0 Å². The van der Waals surface area contributed by atoms with Crippen LogP contribution in [0.5, 0.6) is 5.75 Å². The summed E-state index contributed by atoms with van der Waals surface area (Å²) in [7, 11) is 0. The van der Waals surface area contributed by atoms with E-state index in [-0.39, 0.29) is 5.60 Å². The number of aliphatic carboxylic acids is 1. The smallest absolute Gasteiger partial charge is 0.316 e. The predicted molar refractivity (Wildman–Crippen MR) is 69.0 cm³/mol. The zero-order chi connectivity index (χ0) is 12.6. The highest BCUT2D eigenvalue weighted by molar-refractivity contribution is 7.81. The standard InChI is InChI=1S/C13H16O3S/c1-13(2)7-9-5-3-4-8(11(9)16-13)6-10(17)12(14)15/h3-5,10,17H,6-7H2,1-2H3,(H,14,15). The number of hydrogen-bond donors (Lipinski definition) is 2. The van der Waals surface area contributed by atoms with Gasteiger partial charge in [0.2, 0.25) is 0 Å². The van der Waals surface area contributed by atoms with E-state index < -0.39 is 11.2 Å². The fourth-order valence-corrected chi connectivity index (χ4v) is 2.33. The van der Waals surface area contributed by atoms with Crippen molar-refractivity contribution in [3.05, 3.63) is 29.3 Å². The van der Waals surface area contributed by atoms with Gasteiger partial charge in [-0.15, -0.1) is 0 Å². The molecule has 1 atom stereocenters. The minimum atomic E-state index is -0.900. The van der Waals surface area contributed by atoms with E-state index in [1.165, 1.54) is 0 Å². The molecule has 1 unspecified atom stereocenters. The van der Waals surface area contributed by atoms with E-state index in [1.54, 1.807) is 0 Å². The number of carboxylic acid groups (broad SMARTS) is 1. The predicted octanol–water partition coefficient (Wildman–Crippen LogP) is 2.33. The second-order valence-electron chi connectivity index (χ2n) is 5.00. The molecule has 0 radical (unpaired) electrons. The highest BCUT2D eigenvalue weighted by Gasteiger charge is 2.32. The molecule has 1 aromatic rings. The summed E-state index contributed by atoms with van der Waals surface area (Å²) < 4.78 is 5.88. The van der Waals surface area contributed by atoms with Gasteiger partial charge in [0.1, 0.15) is 16.6 Å². The molecule has 4 heteroatoms. The van der Waals surface area contributed by atoms with Crippen molar-refractivity contribution in [2.45, 2.75) is 37.5 Å². The van der Waals surface area contributed by atoms with E-state index in [1.807, 2.05) is 32.0 Å². The quantitative estimate of drug-likeness (QED) is 0.812. The van der Waals surface area contributed by atoms with Crippen LogP contribution in [0.2, 0.25) is 0 Å². The lowest BCUT2D eigenvalue weighted by atomic mass is 9.99. The molecule has 17 heavy (non-hydrogen) atoms. The van der Waals surface area contributed by atoms with Crippen LogP contribution in [0.25, 0.3) is 0 Å². The Kier molecular flexibility index (Phi) is 3.08. The number of rotatable bonds is 3. The second-order valence-corrected chi connectivity index (χ2v) is 5.63. The van der Waals surface area contributed by atoms with Crippen LogP contribution in [0.4, 0.5) is 0 Å². The largest absolute Gasteiger partial charge is 0.487 e. The maximum atomic E-state index is 10.8. The van der Waals surface area contributed by atoms with Crippen LogP contribution in [-0.2, 0) is 17.6 Å². The van der Waals surface area contributed by atoms with E-state index >= 15 is 0 Å². The number of carbonyl (C=O) groups is 1. The zero-order valence-electron chi connectivity index (χ0n) is 9.93. The third-order valence-electron chi connectivity index (χ3n) is 2.87. The van der Waals surface area contributed by atoms with E-state index in [4.69, 9.17) is 9.84 Å². The molecular weight excluding hydrogens is 236 g/mol. The summed E-state index contributed by atoms with van der Waals surface area (Å²) >= 11 is 4.07. The number of para-hydroxylation sites is 1. The Labute approximate surface area is 106 Å². The van der Waals surface area contributed by atoms with Crippen molar-refractivity contribution in [2.75, 3.05) is 0 Å². The van der Waals surface area contributed by atoms with Gasteiger partial charge in [-0.3, -0.25) is 4.79 Å². The van der Waals surface area contributed by atoms with E-state index in [0.29, 0.717) is 6.42 Å². The molecule has 0 spiro atoms. The molecular formula is C13H16O3S. The number of thiol groups is 1. The molecule has 1 aliphatic heterocycles. The molecule has 1 aromatic carbocycles. The van der Waals surface area contributed by atoms with Crippen LogP contribution in [0.3, 0.4) is 0 Å². The van der Waals surface area contributed by atoms with Crippen LogP contribution in [-0.4, -0.2) is 21.9 Å². The summed E-state index contributed by atoms with van der Waals surface area (Å²) in [5, 5.41) is 8.19. The van der Waals surface area contributed by atoms with Crippen LogP contribution in [0.1, 0.15) is 25.0 Å². The number of ether oxygens (including phenoxy) is 1. The van der Waals surface area contributed by atoms with Crippen LogP contribution in [0.15, 0.2) is 18.2 Å². The second kappa shape index (κ2) is 4.26.